The molecule has 0 aliphatic rings. The molecule has 0 rings (SSSR count). The van der Waals surface area contributed by atoms with E-state index in [0.717, 1.165) is 6.54 Å². The summed E-state index contributed by atoms with van der Waals surface area (Å²) in [6.07, 6.45) is -0.598. The molecule has 0 aromatic carbocycles. The summed E-state index contributed by atoms with van der Waals surface area (Å²) in [5, 5.41) is 10.1. The van der Waals surface area contributed by atoms with Crippen LogP contribution in [-0.4, -0.2) is 40.2 Å². The van der Waals surface area contributed by atoms with Crippen LogP contribution in [0, 0.1) is 0 Å². The molecule has 0 unspecified atom stereocenters. The van der Waals surface area contributed by atoms with Gasteiger partial charge in [0.2, 0.25) is 0 Å². The van der Waals surface area contributed by atoms with Crippen molar-refractivity contribution in [3.05, 3.63) is 0 Å². The second kappa shape index (κ2) is 9.39. The van der Waals surface area contributed by atoms with Gasteiger partial charge in [-0.2, -0.15) is 0 Å². The number of carbonyl (C=O) groups is 1. The molecule has 0 aliphatic heterocycles. The first-order chi connectivity index (χ1) is 6.33. The van der Waals surface area contributed by atoms with E-state index in [1.165, 1.54) is 0 Å². The van der Waals surface area contributed by atoms with Gasteiger partial charge in [-0.1, -0.05) is 6.92 Å². The molecule has 7 nitrogen and oxygen atoms in total. The van der Waals surface area contributed by atoms with Crippen LogP contribution in [0.5, 0.6) is 0 Å². The van der Waals surface area contributed by atoms with E-state index in [4.69, 9.17) is 26.7 Å². The van der Waals surface area contributed by atoms with Gasteiger partial charge in [0.05, 0.1) is 12.8 Å². The third-order valence-electron chi connectivity index (χ3n) is 0.728. The predicted octanol–water partition coefficient (Wildman–Crippen LogP) is -0.454. The molecule has 14 heavy (non-hydrogen) atoms. The molecule has 0 radical (unpaired) electrons. The van der Waals surface area contributed by atoms with Crippen molar-refractivity contribution in [3.8, 4) is 0 Å². The molecule has 0 saturated heterocycles. The van der Waals surface area contributed by atoms with Gasteiger partial charge in [-0.3, -0.25) is 14.7 Å². The number of rotatable bonds is 5. The van der Waals surface area contributed by atoms with Crippen LogP contribution in [0.3, 0.4) is 0 Å². The largest absolute Gasteiger partial charge is 0.480 e. The summed E-state index contributed by atoms with van der Waals surface area (Å²) in [5.74, 6) is -1.14. The van der Waals surface area contributed by atoms with Crippen LogP contribution in [0.25, 0.3) is 0 Å². The molecule has 86 valence electrons. The van der Waals surface area contributed by atoms with Crippen LogP contribution in [0.1, 0.15) is 6.92 Å². The number of carboxylic acids is 1. The Bertz CT molecular complexity index is 195. The number of hydrogen-bond donors (Lipinski definition) is 5. The monoisotopic (exact) mass is 248 g/mol. The van der Waals surface area contributed by atoms with Crippen molar-refractivity contribution in [2.24, 2.45) is 0 Å². The van der Waals surface area contributed by atoms with Gasteiger partial charge in [0.15, 0.2) is 0 Å². The Morgan fingerprint density at radius 2 is 1.93 bits per heavy atom. The molecular weight excluding hydrogens is 234 g/mol. The first kappa shape index (κ1) is 16.3. The normalized spacial score (nSPS) is 10.3. The highest BCUT2D eigenvalue weighted by atomic mass is 35.5. The Kier molecular flexibility index (Phi) is 10.9. The highest BCUT2D eigenvalue weighted by molar-refractivity contribution is 7.51. The molecular formula is C5H14ClN2O5P. The maximum absolute atomic E-state index is 10.1. The zero-order valence-electron chi connectivity index (χ0n) is 7.60. The minimum absolute atomic E-state index is 0.439. The van der Waals surface area contributed by atoms with E-state index in [0.29, 0.717) is 0 Å². The zero-order valence-corrected chi connectivity index (χ0v) is 9.25. The zero-order chi connectivity index (χ0) is 11.6. The molecule has 0 fully saturated rings. The van der Waals surface area contributed by atoms with E-state index >= 15 is 0 Å². The van der Waals surface area contributed by atoms with Crippen LogP contribution in [-0.2, 0) is 9.36 Å². The Morgan fingerprint density at radius 1 is 1.50 bits per heavy atom. The van der Waals surface area contributed by atoms with Gasteiger partial charge >= 0.3 is 13.6 Å². The van der Waals surface area contributed by atoms with Gasteiger partial charge in [0, 0.05) is 6.54 Å². The van der Waals surface area contributed by atoms with Crippen LogP contribution >= 0.6 is 19.4 Å². The number of halogens is 1. The Balaban J connectivity index is 0. The van der Waals surface area contributed by atoms with Crippen LogP contribution in [0.2, 0.25) is 0 Å². The fourth-order valence-electron chi connectivity index (χ4n) is 0.308. The molecule has 0 aromatic rings. The lowest BCUT2D eigenvalue weighted by Crippen LogP contribution is -2.23. The molecule has 0 heterocycles. The summed E-state index contributed by atoms with van der Waals surface area (Å²) in [4.78, 5) is 28.5. The van der Waals surface area contributed by atoms with Gasteiger partial charge in [-0.05, 0) is 11.8 Å². The minimum atomic E-state index is -4.10. The van der Waals surface area contributed by atoms with Gasteiger partial charge in [0.1, 0.15) is 0 Å². The molecule has 9 heteroatoms. The summed E-state index contributed by atoms with van der Waals surface area (Å²) in [6, 6.07) is 0. The van der Waals surface area contributed by atoms with E-state index in [1.807, 2.05) is 6.92 Å². The molecule has 0 atom stereocenters. The van der Waals surface area contributed by atoms with Crippen molar-refractivity contribution in [2.45, 2.75) is 6.92 Å². The predicted molar refractivity (Wildman–Crippen MR) is 52.1 cm³/mol. The van der Waals surface area contributed by atoms with E-state index in [1.54, 1.807) is 0 Å². The topological polar surface area (TPSA) is 119 Å². The molecule has 0 saturated carbocycles. The Labute approximate surface area is 86.7 Å². The first-order valence-electron chi connectivity index (χ1n) is 3.64. The maximum Gasteiger partial charge on any atom is 0.339 e. The highest BCUT2D eigenvalue weighted by Crippen LogP contribution is 2.31. The molecule has 0 bridgehead atoms. The van der Waals surface area contributed by atoms with E-state index < -0.39 is 26.4 Å². The molecule has 0 aliphatic carbocycles. The minimum Gasteiger partial charge on any atom is -0.480 e. The molecule has 5 N–H and O–H groups in total. The smallest absolute Gasteiger partial charge is 0.339 e. The summed E-state index contributed by atoms with van der Waals surface area (Å²) in [6.45, 7) is 2.33. The van der Waals surface area contributed by atoms with Crippen LogP contribution in [0.15, 0.2) is 0 Å². The lowest BCUT2D eigenvalue weighted by atomic mass is 10.7. The fourth-order valence-corrected chi connectivity index (χ4v) is 0.712. The second-order valence-corrected chi connectivity index (χ2v) is 4.04. The second-order valence-electron chi connectivity index (χ2n) is 2.13. The van der Waals surface area contributed by atoms with Crippen molar-refractivity contribution in [1.29, 1.82) is 0 Å². The number of aliphatic carboxylic acids is 1. The standard InChI is InChI=1S/C3H8NO5P.C2H6ClN/c5-3(6)1-4-2-10(7,8)9;1-2-4-3/h4H,1-2H2,(H,5,6)(H2,7,8,9);4H,2H2,1H3. The van der Waals surface area contributed by atoms with Crippen molar-refractivity contribution < 1.29 is 24.3 Å². The molecule has 0 amide bonds. The Morgan fingerprint density at radius 3 is 2.14 bits per heavy atom. The number of hydrogen-bond acceptors (Lipinski definition) is 4. The van der Waals surface area contributed by atoms with Gasteiger partial charge in [0.25, 0.3) is 0 Å². The van der Waals surface area contributed by atoms with E-state index in [9.17, 15) is 9.36 Å². The average Bonchev–Trinajstić information content (AvgIpc) is 2.02. The lowest BCUT2D eigenvalue weighted by Gasteiger charge is -2.02. The average molecular weight is 249 g/mol. The quantitative estimate of drug-likeness (QED) is 0.330. The maximum atomic E-state index is 10.1. The summed E-state index contributed by atoms with van der Waals surface area (Å²) in [5.41, 5.74) is 0. The third kappa shape index (κ3) is 22.6. The van der Waals surface area contributed by atoms with E-state index in [-0.39, 0.29) is 0 Å². The van der Waals surface area contributed by atoms with Gasteiger partial charge in [-0.15, -0.1) is 0 Å². The van der Waals surface area contributed by atoms with Crippen LogP contribution in [0.4, 0.5) is 0 Å². The van der Waals surface area contributed by atoms with Crippen molar-refractivity contribution >= 4 is 25.3 Å². The lowest BCUT2D eigenvalue weighted by molar-refractivity contribution is -0.135. The molecule has 0 spiro atoms. The summed E-state index contributed by atoms with van der Waals surface area (Å²) in [7, 11) is -4.10. The number of nitrogens with one attached hydrogen (secondary N) is 2. The van der Waals surface area contributed by atoms with Gasteiger partial charge < -0.3 is 14.9 Å². The molecule has 0 aromatic heterocycles. The Hall–Kier alpha value is -0.170. The fraction of sp³-hybridized carbons (Fsp3) is 0.800. The van der Waals surface area contributed by atoms with Crippen molar-refractivity contribution in [2.75, 3.05) is 19.4 Å². The number of carboxylic acid groups (broad SMARTS) is 1. The highest BCUT2D eigenvalue weighted by Gasteiger charge is 2.11. The summed E-state index contributed by atoms with van der Waals surface area (Å²) < 4.78 is 10.1. The summed E-state index contributed by atoms with van der Waals surface area (Å²) >= 11 is 4.94. The van der Waals surface area contributed by atoms with Gasteiger partial charge in [-0.25, -0.2) is 4.84 Å². The van der Waals surface area contributed by atoms with Crippen LogP contribution < -0.4 is 10.2 Å². The van der Waals surface area contributed by atoms with Crippen molar-refractivity contribution in [3.63, 3.8) is 0 Å². The van der Waals surface area contributed by atoms with Crippen molar-refractivity contribution in [1.82, 2.24) is 10.2 Å². The first-order valence-corrected chi connectivity index (χ1v) is 5.81. The third-order valence-corrected chi connectivity index (χ3v) is 1.63. The SMILES string of the molecule is CCNCl.O=C(O)CNCP(=O)(O)O. The van der Waals surface area contributed by atoms with E-state index in [2.05, 4.69) is 10.2 Å².